The van der Waals surface area contributed by atoms with Crippen molar-refractivity contribution in [3.8, 4) is 11.1 Å². The van der Waals surface area contributed by atoms with Crippen LogP contribution in [0.4, 0.5) is 17.1 Å². The number of benzene rings is 5. The highest BCUT2D eigenvalue weighted by Gasteiger charge is 2.41. The molecule has 0 saturated carbocycles. The van der Waals surface area contributed by atoms with Gasteiger partial charge in [0.2, 0.25) is 0 Å². The maximum absolute atomic E-state index is 4.50. The molecule has 2 heteroatoms. The molecule has 5 aromatic carbocycles. The lowest BCUT2D eigenvalue weighted by Crippen LogP contribution is -2.32. The average Bonchev–Trinajstić information content (AvgIpc) is 3.10. The molecule has 2 atom stereocenters. The third-order valence-electron chi connectivity index (χ3n) is 10.5. The van der Waals surface area contributed by atoms with Crippen molar-refractivity contribution < 1.29 is 0 Å². The van der Waals surface area contributed by atoms with Gasteiger partial charge < -0.3 is 10.6 Å². The van der Waals surface area contributed by atoms with Crippen molar-refractivity contribution in [3.05, 3.63) is 167 Å². The van der Waals surface area contributed by atoms with Crippen molar-refractivity contribution in [1.29, 1.82) is 0 Å². The lowest BCUT2D eigenvalue weighted by molar-refractivity contribution is 0.336. The molecular formula is C45H48N2. The Morgan fingerprint density at radius 3 is 1.87 bits per heavy atom. The van der Waals surface area contributed by atoms with E-state index >= 15 is 0 Å². The monoisotopic (exact) mass is 616 g/mol. The summed E-state index contributed by atoms with van der Waals surface area (Å²) >= 11 is 0. The van der Waals surface area contributed by atoms with Gasteiger partial charge in [-0.1, -0.05) is 143 Å². The van der Waals surface area contributed by atoms with Crippen molar-refractivity contribution in [2.45, 2.75) is 58.3 Å². The van der Waals surface area contributed by atoms with Crippen LogP contribution in [-0.4, -0.2) is 7.05 Å². The van der Waals surface area contributed by atoms with Crippen LogP contribution in [0.2, 0.25) is 0 Å². The lowest BCUT2D eigenvalue weighted by atomic mass is 9.65. The molecule has 0 heterocycles. The molecule has 2 aliphatic rings. The summed E-state index contributed by atoms with van der Waals surface area (Å²) in [6.45, 7) is 14.3. The molecule has 2 aliphatic carbocycles. The summed E-state index contributed by atoms with van der Waals surface area (Å²) in [6, 6.07) is 42.8. The Hall–Kier alpha value is -4.66. The van der Waals surface area contributed by atoms with Crippen LogP contribution in [0, 0.1) is 12.8 Å². The zero-order valence-electron chi connectivity index (χ0n) is 29.0. The molecule has 0 fully saturated rings. The first-order valence-electron chi connectivity index (χ1n) is 16.9. The van der Waals surface area contributed by atoms with Gasteiger partial charge in [0, 0.05) is 22.5 Å². The third kappa shape index (κ3) is 5.77. The van der Waals surface area contributed by atoms with Crippen LogP contribution in [0.25, 0.3) is 17.2 Å². The summed E-state index contributed by atoms with van der Waals surface area (Å²) < 4.78 is 0. The molecule has 47 heavy (non-hydrogen) atoms. The lowest BCUT2D eigenvalue weighted by Gasteiger charge is -2.39. The number of aryl methyl sites for hydroxylation is 1. The van der Waals surface area contributed by atoms with Crippen molar-refractivity contribution in [3.63, 3.8) is 0 Å². The van der Waals surface area contributed by atoms with E-state index in [1.54, 1.807) is 0 Å². The van der Waals surface area contributed by atoms with Gasteiger partial charge in [-0.3, -0.25) is 0 Å². The quantitative estimate of drug-likeness (QED) is 0.218. The van der Waals surface area contributed by atoms with Gasteiger partial charge in [0.25, 0.3) is 0 Å². The summed E-state index contributed by atoms with van der Waals surface area (Å²) in [5.74, 6) is 0.694. The average molecular weight is 617 g/mol. The fourth-order valence-electron chi connectivity index (χ4n) is 7.93. The van der Waals surface area contributed by atoms with Crippen LogP contribution in [0.3, 0.4) is 0 Å². The minimum Gasteiger partial charge on any atom is -0.333 e. The minimum absolute atomic E-state index is 0.0170. The van der Waals surface area contributed by atoms with E-state index in [1.807, 2.05) is 0 Å². The summed E-state index contributed by atoms with van der Waals surface area (Å²) in [4.78, 5) is 2.42. The number of hydrogen-bond acceptors (Lipinski definition) is 2. The molecule has 0 spiro atoms. The van der Waals surface area contributed by atoms with Crippen molar-refractivity contribution >= 4 is 23.1 Å². The number of fused-ring (bicyclic) bond motifs is 2. The summed E-state index contributed by atoms with van der Waals surface area (Å²) in [7, 11) is 1.50. The molecule has 7 rings (SSSR count). The molecule has 2 N–H and O–H groups in total. The molecule has 0 saturated heterocycles. The number of anilines is 3. The molecule has 2 unspecified atom stereocenters. The van der Waals surface area contributed by atoms with Gasteiger partial charge in [-0.15, -0.1) is 0 Å². The molecular weight excluding hydrogens is 569 g/mol. The molecule has 0 aromatic heterocycles. The van der Waals surface area contributed by atoms with Crippen molar-refractivity contribution in [2.75, 3.05) is 11.9 Å². The Morgan fingerprint density at radius 1 is 0.596 bits per heavy atom. The molecule has 4 bridgehead atoms. The number of rotatable bonds is 4. The van der Waals surface area contributed by atoms with Crippen LogP contribution < -0.4 is 10.6 Å². The van der Waals surface area contributed by atoms with E-state index in [0.29, 0.717) is 11.8 Å². The predicted molar refractivity (Wildman–Crippen MR) is 203 cm³/mol. The van der Waals surface area contributed by atoms with Crippen LogP contribution in [0.5, 0.6) is 0 Å². The number of nitrogens with two attached hydrogens (primary N) is 1. The number of nitrogens with zero attached hydrogens (tertiary/aromatic N) is 1. The van der Waals surface area contributed by atoms with E-state index in [0.717, 1.165) is 11.4 Å². The second-order valence-corrected chi connectivity index (χ2v) is 14.0. The largest absolute Gasteiger partial charge is 0.333 e. The topological polar surface area (TPSA) is 29.3 Å². The molecule has 5 aromatic rings. The van der Waals surface area contributed by atoms with Crippen LogP contribution >= 0.6 is 0 Å². The Balaban J connectivity index is 0.00000190. The third-order valence-corrected chi connectivity index (χ3v) is 10.5. The highest BCUT2D eigenvalue weighted by molar-refractivity contribution is 5.79. The summed E-state index contributed by atoms with van der Waals surface area (Å²) in [5.41, 5.74) is 18.5. The van der Waals surface area contributed by atoms with Gasteiger partial charge in [0.05, 0.1) is 0 Å². The van der Waals surface area contributed by atoms with Gasteiger partial charge in [0.15, 0.2) is 0 Å². The molecule has 0 radical (unpaired) electrons. The standard InChI is InChI=1S/C44H43N.CH5N/c1-30-19-23-34(24-20-30)45(35-25-21-33(22-26-35)32-13-8-7-9-14-32)36-27-28-37-31(2)39-16-11-10-15-38-40(43(39,3)4)17-12-18-41(38)44(5,6)42(37)29-36;1-2/h7-29,31,39H,1-6H3;2H2,1H3/b15-10-,16-11-;. The fraction of sp³-hybridized carbons (Fsp3) is 0.244. The molecule has 2 nitrogen and oxygen atoms in total. The van der Waals surface area contributed by atoms with Crippen LogP contribution in [0.15, 0.2) is 133 Å². The van der Waals surface area contributed by atoms with Crippen LogP contribution in [0.1, 0.15) is 73.9 Å². The van der Waals surface area contributed by atoms with E-state index in [9.17, 15) is 0 Å². The van der Waals surface area contributed by atoms with Gasteiger partial charge >= 0.3 is 0 Å². The van der Waals surface area contributed by atoms with Crippen LogP contribution in [-0.2, 0) is 10.8 Å². The van der Waals surface area contributed by atoms with E-state index in [-0.39, 0.29) is 10.8 Å². The highest BCUT2D eigenvalue weighted by Crippen LogP contribution is 2.51. The van der Waals surface area contributed by atoms with E-state index in [1.165, 1.54) is 57.2 Å². The van der Waals surface area contributed by atoms with E-state index < -0.39 is 0 Å². The first-order valence-corrected chi connectivity index (χ1v) is 16.9. The van der Waals surface area contributed by atoms with Gasteiger partial charge in [-0.05, 0) is 107 Å². The maximum Gasteiger partial charge on any atom is 0.0464 e. The Labute approximate surface area is 282 Å². The first kappa shape index (κ1) is 32.3. The Kier molecular flexibility index (Phi) is 8.83. The van der Waals surface area contributed by atoms with Crippen molar-refractivity contribution in [2.24, 2.45) is 11.7 Å². The smallest absolute Gasteiger partial charge is 0.0464 e. The minimum atomic E-state index is -0.208. The SMILES string of the molecule is CN.Cc1ccc(N(c2ccc(-c3ccccc3)cc2)c2ccc3c(c2)C(C)(C)c2cccc4c2/C=C\C=C/C(C3C)C4(C)C)cc1. The van der Waals surface area contributed by atoms with E-state index in [2.05, 4.69) is 192 Å². The zero-order chi connectivity index (χ0) is 33.3. The highest BCUT2D eigenvalue weighted by atomic mass is 15.1. The number of allylic oxidation sites excluding steroid dienone is 3. The van der Waals surface area contributed by atoms with Gasteiger partial charge in [0.1, 0.15) is 0 Å². The van der Waals surface area contributed by atoms with Gasteiger partial charge in [-0.2, -0.15) is 0 Å². The normalized spacial score (nSPS) is 19.7. The zero-order valence-corrected chi connectivity index (χ0v) is 29.0. The molecule has 0 amide bonds. The van der Waals surface area contributed by atoms with Gasteiger partial charge in [-0.25, -0.2) is 0 Å². The summed E-state index contributed by atoms with van der Waals surface area (Å²) in [6.07, 6.45) is 9.30. The first-order chi connectivity index (χ1) is 22.7. The second-order valence-electron chi connectivity index (χ2n) is 14.0. The maximum atomic E-state index is 4.50. The van der Waals surface area contributed by atoms with Crippen molar-refractivity contribution in [1.82, 2.24) is 0 Å². The molecule has 0 aliphatic heterocycles. The predicted octanol–water partition coefficient (Wildman–Crippen LogP) is 11.6. The van der Waals surface area contributed by atoms with E-state index in [4.69, 9.17) is 0 Å². The second kappa shape index (κ2) is 12.9. The summed E-state index contributed by atoms with van der Waals surface area (Å²) in [5, 5.41) is 0. The Morgan fingerprint density at radius 2 is 1.19 bits per heavy atom. The molecule has 238 valence electrons. The fourth-order valence-corrected chi connectivity index (χ4v) is 7.93. The number of hydrogen-bond donors (Lipinski definition) is 1. The Bertz CT molecular complexity index is 1910.